The van der Waals surface area contributed by atoms with Gasteiger partial charge in [-0.05, 0) is 31.9 Å². The lowest BCUT2D eigenvalue weighted by Gasteiger charge is -2.58. The summed E-state index contributed by atoms with van der Waals surface area (Å²) in [5.74, 6) is -3.04. The first-order chi connectivity index (χ1) is 15.7. The second-order valence-corrected chi connectivity index (χ2v) is 10.5. The number of sulfone groups is 1. The smallest absolute Gasteiger partial charge is 0.302 e. The molecule has 0 N–H and O–H groups in total. The summed E-state index contributed by atoms with van der Waals surface area (Å²) in [4.78, 5) is 11.5. The van der Waals surface area contributed by atoms with Crippen LogP contribution in [0.5, 0.6) is 0 Å². The standard InChI is InChI=1S/C23H30O9S/c1-15-7-9-17(10-8-15)33(25,26)19-14-30-18(13-29-16(2)24)20-21(19)32-23(28-4)12-6-5-11-22(23,27-3)31-20/h7-10,14,18,20-21H,5-6,11-13H2,1-4H3/t18-,20-,21-,22+,23+/m1/s1. The van der Waals surface area contributed by atoms with E-state index in [9.17, 15) is 13.2 Å². The summed E-state index contributed by atoms with van der Waals surface area (Å²) in [7, 11) is -0.973. The van der Waals surface area contributed by atoms with Gasteiger partial charge in [-0.25, -0.2) is 8.42 Å². The summed E-state index contributed by atoms with van der Waals surface area (Å²) >= 11 is 0. The van der Waals surface area contributed by atoms with Crippen LogP contribution in [-0.2, 0) is 43.1 Å². The van der Waals surface area contributed by atoms with Crippen LogP contribution >= 0.6 is 0 Å². The van der Waals surface area contributed by atoms with Crippen LogP contribution in [0.3, 0.4) is 0 Å². The molecule has 9 nitrogen and oxygen atoms in total. The molecule has 1 saturated carbocycles. The molecule has 0 spiro atoms. The van der Waals surface area contributed by atoms with Crippen LogP contribution in [0.4, 0.5) is 0 Å². The molecule has 4 rings (SSSR count). The van der Waals surface area contributed by atoms with Gasteiger partial charge in [-0.1, -0.05) is 17.7 Å². The van der Waals surface area contributed by atoms with Crippen LogP contribution in [0.25, 0.3) is 0 Å². The molecule has 5 atom stereocenters. The molecule has 1 aliphatic carbocycles. The molecule has 1 saturated heterocycles. The third-order valence-electron chi connectivity index (χ3n) is 6.54. The van der Waals surface area contributed by atoms with E-state index in [0.29, 0.717) is 12.8 Å². The van der Waals surface area contributed by atoms with Gasteiger partial charge in [-0.3, -0.25) is 4.79 Å². The average Bonchev–Trinajstić information content (AvgIpc) is 2.81. The average molecular weight is 483 g/mol. The molecule has 0 aromatic heterocycles. The summed E-state index contributed by atoms with van der Waals surface area (Å²) in [6.07, 6.45) is 0.992. The Morgan fingerprint density at radius 3 is 2.24 bits per heavy atom. The number of methoxy groups -OCH3 is 2. The van der Waals surface area contributed by atoms with Crippen molar-refractivity contribution >= 4 is 15.8 Å². The maximum Gasteiger partial charge on any atom is 0.302 e. The molecule has 1 aromatic rings. The van der Waals surface area contributed by atoms with Gasteiger partial charge in [0.2, 0.25) is 21.4 Å². The van der Waals surface area contributed by atoms with Crippen molar-refractivity contribution in [3.05, 3.63) is 41.0 Å². The highest BCUT2D eigenvalue weighted by Crippen LogP contribution is 2.52. The van der Waals surface area contributed by atoms with E-state index in [4.69, 9.17) is 28.4 Å². The third kappa shape index (κ3) is 4.08. The van der Waals surface area contributed by atoms with Crippen LogP contribution in [0, 0.1) is 6.92 Å². The number of benzene rings is 1. The maximum absolute atomic E-state index is 13.6. The first-order valence-corrected chi connectivity index (χ1v) is 12.4. The number of esters is 1. The Labute approximate surface area is 193 Å². The minimum atomic E-state index is -3.98. The monoisotopic (exact) mass is 482 g/mol. The predicted octanol–water partition coefficient (Wildman–Crippen LogP) is 2.62. The zero-order valence-corrected chi connectivity index (χ0v) is 20.1. The van der Waals surface area contributed by atoms with Crippen LogP contribution in [0.1, 0.15) is 38.2 Å². The zero-order chi connectivity index (χ0) is 23.9. The number of ether oxygens (including phenoxy) is 6. The Balaban J connectivity index is 1.77. The number of rotatable bonds is 6. The van der Waals surface area contributed by atoms with E-state index in [0.717, 1.165) is 18.4 Å². The fraction of sp³-hybridized carbons (Fsp3) is 0.609. The number of carbonyl (C=O) groups is 1. The summed E-state index contributed by atoms with van der Waals surface area (Å²) in [6, 6.07) is 6.54. The van der Waals surface area contributed by atoms with Crippen molar-refractivity contribution in [1.29, 1.82) is 0 Å². The van der Waals surface area contributed by atoms with Crippen molar-refractivity contribution in [3.63, 3.8) is 0 Å². The maximum atomic E-state index is 13.6. The van der Waals surface area contributed by atoms with E-state index in [2.05, 4.69) is 0 Å². The lowest BCUT2D eigenvalue weighted by Crippen LogP contribution is -2.72. The Morgan fingerprint density at radius 1 is 1.06 bits per heavy atom. The molecule has 182 valence electrons. The quantitative estimate of drug-likeness (QED) is 0.566. The predicted molar refractivity (Wildman–Crippen MR) is 116 cm³/mol. The minimum absolute atomic E-state index is 0.0814. The largest absolute Gasteiger partial charge is 0.490 e. The molecule has 0 radical (unpaired) electrons. The molecule has 0 bridgehead atoms. The topological polar surface area (TPSA) is 107 Å². The van der Waals surface area contributed by atoms with Crippen molar-refractivity contribution in [2.45, 2.75) is 74.3 Å². The van der Waals surface area contributed by atoms with E-state index in [1.807, 2.05) is 6.92 Å². The van der Waals surface area contributed by atoms with Crippen molar-refractivity contribution in [2.24, 2.45) is 0 Å². The summed E-state index contributed by atoms with van der Waals surface area (Å²) in [5.41, 5.74) is 0.935. The lowest BCUT2D eigenvalue weighted by atomic mass is 9.84. The van der Waals surface area contributed by atoms with Crippen LogP contribution in [0.2, 0.25) is 0 Å². The molecule has 0 unspecified atom stereocenters. The second kappa shape index (κ2) is 8.99. The van der Waals surface area contributed by atoms with Gasteiger partial charge in [0.1, 0.15) is 30.0 Å². The molecule has 0 amide bonds. The Kier molecular flexibility index (Phi) is 6.58. The minimum Gasteiger partial charge on any atom is -0.490 e. The molecule has 2 heterocycles. The second-order valence-electron chi connectivity index (χ2n) is 8.56. The fourth-order valence-electron chi connectivity index (χ4n) is 4.75. The number of carbonyl (C=O) groups excluding carboxylic acids is 1. The molecular weight excluding hydrogens is 452 g/mol. The molecule has 33 heavy (non-hydrogen) atoms. The van der Waals surface area contributed by atoms with Gasteiger partial charge in [-0.15, -0.1) is 0 Å². The number of aryl methyl sites for hydroxylation is 1. The number of hydrogen-bond acceptors (Lipinski definition) is 9. The molecule has 2 aliphatic heterocycles. The molecular formula is C23H30O9S. The highest BCUT2D eigenvalue weighted by Gasteiger charge is 2.66. The third-order valence-corrected chi connectivity index (χ3v) is 8.38. The van der Waals surface area contributed by atoms with Crippen LogP contribution < -0.4 is 0 Å². The van der Waals surface area contributed by atoms with E-state index in [-0.39, 0.29) is 16.4 Å². The van der Waals surface area contributed by atoms with Gasteiger partial charge >= 0.3 is 5.97 Å². The van der Waals surface area contributed by atoms with Gasteiger partial charge in [0, 0.05) is 34.0 Å². The Hall–Kier alpha value is -1.98. The van der Waals surface area contributed by atoms with Crippen molar-refractivity contribution in [3.8, 4) is 0 Å². The molecule has 2 fully saturated rings. The fourth-order valence-corrected chi connectivity index (χ4v) is 6.19. The summed E-state index contributed by atoms with van der Waals surface area (Å²) in [5, 5.41) is 0. The SMILES string of the molecule is CO[C@]12CCCC[C@]1(OC)O[C@@H]1C(S(=O)(=O)c3ccc(C)cc3)=CO[C@H](COC(C)=O)[C@H]1O2. The van der Waals surface area contributed by atoms with Gasteiger partial charge in [0.15, 0.2) is 6.10 Å². The Morgan fingerprint density at radius 2 is 1.67 bits per heavy atom. The molecule has 3 aliphatic rings. The van der Waals surface area contributed by atoms with Gasteiger partial charge in [0.25, 0.3) is 0 Å². The number of fused-ring (bicyclic) bond motifs is 2. The normalized spacial score (nSPS) is 33.8. The highest BCUT2D eigenvalue weighted by molar-refractivity contribution is 7.95. The molecule has 1 aromatic carbocycles. The summed E-state index contributed by atoms with van der Waals surface area (Å²) < 4.78 is 62.6. The molecule has 10 heteroatoms. The first-order valence-electron chi connectivity index (χ1n) is 10.9. The van der Waals surface area contributed by atoms with Crippen LogP contribution in [0.15, 0.2) is 40.3 Å². The van der Waals surface area contributed by atoms with Gasteiger partial charge in [-0.2, -0.15) is 0 Å². The van der Waals surface area contributed by atoms with E-state index >= 15 is 0 Å². The van der Waals surface area contributed by atoms with E-state index in [1.54, 1.807) is 24.3 Å². The zero-order valence-electron chi connectivity index (χ0n) is 19.2. The summed E-state index contributed by atoms with van der Waals surface area (Å²) in [6.45, 7) is 3.03. The van der Waals surface area contributed by atoms with E-state index < -0.39 is 45.7 Å². The van der Waals surface area contributed by atoms with Crippen molar-refractivity contribution < 1.29 is 41.6 Å². The highest BCUT2D eigenvalue weighted by atomic mass is 32.2. The van der Waals surface area contributed by atoms with Crippen molar-refractivity contribution in [2.75, 3.05) is 20.8 Å². The van der Waals surface area contributed by atoms with Crippen LogP contribution in [-0.4, -0.2) is 65.1 Å². The van der Waals surface area contributed by atoms with Crippen molar-refractivity contribution in [1.82, 2.24) is 0 Å². The number of hydrogen-bond donors (Lipinski definition) is 0. The van der Waals surface area contributed by atoms with Gasteiger partial charge in [0.05, 0.1) is 4.90 Å². The Bertz CT molecular complexity index is 1020. The lowest BCUT2D eigenvalue weighted by molar-refractivity contribution is -0.472. The van der Waals surface area contributed by atoms with E-state index in [1.165, 1.54) is 27.4 Å². The van der Waals surface area contributed by atoms with Gasteiger partial charge < -0.3 is 28.4 Å². The first kappa shape index (κ1) is 24.2.